The van der Waals surface area contributed by atoms with Gasteiger partial charge in [0.15, 0.2) is 0 Å². The van der Waals surface area contributed by atoms with E-state index in [0.717, 1.165) is 25.0 Å². The predicted octanol–water partition coefficient (Wildman–Crippen LogP) is 3.06. The summed E-state index contributed by atoms with van der Waals surface area (Å²) in [7, 11) is 1.85. The van der Waals surface area contributed by atoms with Gasteiger partial charge in [0.2, 0.25) is 0 Å². The molecule has 1 aromatic carbocycles. The highest BCUT2D eigenvalue weighted by atomic mass is 16.5. The molecule has 1 aliphatic rings. The Labute approximate surface area is 115 Å². The van der Waals surface area contributed by atoms with Crippen LogP contribution in [0.15, 0.2) is 24.3 Å². The molecule has 0 N–H and O–H groups in total. The van der Waals surface area contributed by atoms with Crippen LogP contribution in [0.3, 0.4) is 0 Å². The molecule has 1 atom stereocenters. The molecular weight excluding hydrogens is 238 g/mol. The molecule has 1 heterocycles. The number of benzene rings is 1. The summed E-state index contributed by atoms with van der Waals surface area (Å²) in [5.74, 6) is 0.569. The highest BCUT2D eigenvalue weighted by Crippen LogP contribution is 2.17. The van der Waals surface area contributed by atoms with Gasteiger partial charge in [-0.05, 0) is 36.5 Å². The van der Waals surface area contributed by atoms with Crippen LogP contribution in [0.1, 0.15) is 48.5 Å². The van der Waals surface area contributed by atoms with Crippen molar-refractivity contribution < 1.29 is 9.53 Å². The number of likely N-dealkylation sites (N-methyl/N-ethyl adjacent to an activating group) is 1. The maximum Gasteiger partial charge on any atom is 0.253 e. The van der Waals surface area contributed by atoms with Crippen molar-refractivity contribution in [1.29, 1.82) is 0 Å². The summed E-state index contributed by atoms with van der Waals surface area (Å²) in [5, 5.41) is 0. The summed E-state index contributed by atoms with van der Waals surface area (Å²) in [6.45, 7) is 5.82. The van der Waals surface area contributed by atoms with Gasteiger partial charge < -0.3 is 9.64 Å². The maximum absolute atomic E-state index is 12.3. The Morgan fingerprint density at radius 1 is 1.37 bits per heavy atom. The van der Waals surface area contributed by atoms with Gasteiger partial charge in [-0.25, -0.2) is 0 Å². The number of hydrogen-bond donors (Lipinski definition) is 0. The van der Waals surface area contributed by atoms with E-state index in [1.165, 1.54) is 5.56 Å². The molecule has 1 unspecified atom stereocenters. The van der Waals surface area contributed by atoms with Crippen molar-refractivity contribution in [3.8, 4) is 0 Å². The fourth-order valence-electron chi connectivity index (χ4n) is 2.41. The summed E-state index contributed by atoms with van der Waals surface area (Å²) in [4.78, 5) is 14.0. The first-order valence-corrected chi connectivity index (χ1v) is 7.05. The number of hydrogen-bond acceptors (Lipinski definition) is 2. The fraction of sp³-hybridized carbons (Fsp3) is 0.562. The molecule has 104 valence electrons. The second-order valence-electron chi connectivity index (χ2n) is 5.60. The molecule has 19 heavy (non-hydrogen) atoms. The molecule has 0 spiro atoms. The van der Waals surface area contributed by atoms with Gasteiger partial charge in [-0.15, -0.1) is 0 Å². The average Bonchev–Trinajstić information content (AvgIpc) is 2.90. The van der Waals surface area contributed by atoms with E-state index in [1.807, 2.05) is 31.3 Å². The zero-order valence-corrected chi connectivity index (χ0v) is 12.1. The first-order valence-electron chi connectivity index (χ1n) is 7.05. The van der Waals surface area contributed by atoms with Gasteiger partial charge >= 0.3 is 0 Å². The van der Waals surface area contributed by atoms with Crippen molar-refractivity contribution >= 4 is 5.91 Å². The molecule has 0 bridgehead atoms. The average molecular weight is 261 g/mol. The number of carbonyl (C=O) groups excluding carboxylic acids is 1. The molecule has 3 heteroatoms. The minimum absolute atomic E-state index is 0.0748. The van der Waals surface area contributed by atoms with Crippen molar-refractivity contribution in [3.05, 3.63) is 35.4 Å². The van der Waals surface area contributed by atoms with Gasteiger partial charge in [0.25, 0.3) is 5.91 Å². The first-order chi connectivity index (χ1) is 9.08. The van der Waals surface area contributed by atoms with Crippen LogP contribution in [0.2, 0.25) is 0 Å². The smallest absolute Gasteiger partial charge is 0.253 e. The normalized spacial score (nSPS) is 18.8. The van der Waals surface area contributed by atoms with E-state index in [2.05, 4.69) is 13.8 Å². The van der Waals surface area contributed by atoms with Crippen molar-refractivity contribution in [2.75, 3.05) is 20.2 Å². The van der Waals surface area contributed by atoms with E-state index < -0.39 is 0 Å². The summed E-state index contributed by atoms with van der Waals surface area (Å²) in [5.41, 5.74) is 2.02. The van der Waals surface area contributed by atoms with Gasteiger partial charge in [0, 0.05) is 25.8 Å². The SMILES string of the molecule is CC(C)c1ccc(C(=O)N(C)CC2CCCO2)cc1. The van der Waals surface area contributed by atoms with E-state index in [9.17, 15) is 4.79 Å². The van der Waals surface area contributed by atoms with Crippen molar-refractivity contribution in [2.24, 2.45) is 0 Å². The highest BCUT2D eigenvalue weighted by Gasteiger charge is 2.20. The lowest BCUT2D eigenvalue weighted by Crippen LogP contribution is -2.34. The number of amides is 1. The van der Waals surface area contributed by atoms with Crippen molar-refractivity contribution in [3.63, 3.8) is 0 Å². The molecule has 2 rings (SSSR count). The number of ether oxygens (including phenoxy) is 1. The maximum atomic E-state index is 12.3. The van der Waals surface area contributed by atoms with Crippen molar-refractivity contribution in [2.45, 2.75) is 38.7 Å². The second kappa shape index (κ2) is 6.20. The Morgan fingerprint density at radius 2 is 2.05 bits per heavy atom. The third-order valence-electron chi connectivity index (χ3n) is 3.67. The summed E-state index contributed by atoms with van der Waals surface area (Å²) in [6, 6.07) is 7.92. The van der Waals surface area contributed by atoms with E-state index in [0.29, 0.717) is 12.5 Å². The fourth-order valence-corrected chi connectivity index (χ4v) is 2.41. The van der Waals surface area contributed by atoms with Crippen molar-refractivity contribution in [1.82, 2.24) is 4.90 Å². The van der Waals surface area contributed by atoms with Crippen LogP contribution >= 0.6 is 0 Å². The molecule has 1 fully saturated rings. The zero-order chi connectivity index (χ0) is 13.8. The van der Waals surface area contributed by atoms with E-state index in [4.69, 9.17) is 4.74 Å². The Bertz CT molecular complexity index is 419. The topological polar surface area (TPSA) is 29.5 Å². The molecular formula is C16H23NO2. The molecule has 3 nitrogen and oxygen atoms in total. The quantitative estimate of drug-likeness (QED) is 0.833. The summed E-state index contributed by atoms with van der Waals surface area (Å²) < 4.78 is 5.57. The summed E-state index contributed by atoms with van der Waals surface area (Å²) in [6.07, 6.45) is 2.38. The molecule has 1 saturated heterocycles. The lowest BCUT2D eigenvalue weighted by Gasteiger charge is -2.21. The van der Waals surface area contributed by atoms with Crippen LogP contribution in [0, 0.1) is 0 Å². The van der Waals surface area contributed by atoms with Gasteiger partial charge in [-0.2, -0.15) is 0 Å². The first kappa shape index (κ1) is 14.1. The molecule has 1 aliphatic heterocycles. The molecule has 0 aromatic heterocycles. The largest absolute Gasteiger partial charge is 0.376 e. The lowest BCUT2D eigenvalue weighted by molar-refractivity contribution is 0.0587. The molecule has 1 aromatic rings. The number of nitrogens with zero attached hydrogens (tertiary/aromatic N) is 1. The minimum Gasteiger partial charge on any atom is -0.376 e. The van der Waals surface area contributed by atoms with Crippen LogP contribution in [-0.4, -0.2) is 37.1 Å². The van der Waals surface area contributed by atoms with Gasteiger partial charge in [0.1, 0.15) is 0 Å². The van der Waals surface area contributed by atoms with E-state index in [-0.39, 0.29) is 12.0 Å². The Balaban J connectivity index is 1.97. The van der Waals surface area contributed by atoms with Gasteiger partial charge in [-0.3, -0.25) is 4.79 Å². The Hall–Kier alpha value is -1.35. The van der Waals surface area contributed by atoms with Gasteiger partial charge in [-0.1, -0.05) is 26.0 Å². The van der Waals surface area contributed by atoms with Crippen LogP contribution in [-0.2, 0) is 4.74 Å². The standard InChI is InChI=1S/C16H23NO2/c1-12(2)13-6-8-14(9-7-13)16(18)17(3)11-15-5-4-10-19-15/h6-9,12,15H,4-5,10-11H2,1-3H3. The van der Waals surface area contributed by atoms with Crippen LogP contribution < -0.4 is 0 Å². The monoisotopic (exact) mass is 261 g/mol. The lowest BCUT2D eigenvalue weighted by atomic mass is 10.0. The second-order valence-corrected chi connectivity index (χ2v) is 5.60. The van der Waals surface area contributed by atoms with Gasteiger partial charge in [0.05, 0.1) is 6.10 Å². The number of rotatable bonds is 4. The zero-order valence-electron chi connectivity index (χ0n) is 12.1. The van der Waals surface area contributed by atoms with Crippen LogP contribution in [0.5, 0.6) is 0 Å². The predicted molar refractivity (Wildman–Crippen MR) is 76.5 cm³/mol. The van der Waals surface area contributed by atoms with E-state index in [1.54, 1.807) is 4.90 Å². The molecule has 1 amide bonds. The molecule has 0 aliphatic carbocycles. The van der Waals surface area contributed by atoms with E-state index >= 15 is 0 Å². The molecule has 0 saturated carbocycles. The number of carbonyl (C=O) groups is 1. The third kappa shape index (κ3) is 3.57. The van der Waals surface area contributed by atoms with Crippen LogP contribution in [0.4, 0.5) is 0 Å². The van der Waals surface area contributed by atoms with Crippen LogP contribution in [0.25, 0.3) is 0 Å². The minimum atomic E-state index is 0.0748. The summed E-state index contributed by atoms with van der Waals surface area (Å²) >= 11 is 0. The molecule has 0 radical (unpaired) electrons. The highest BCUT2D eigenvalue weighted by molar-refractivity contribution is 5.94. The Kier molecular flexibility index (Phi) is 4.59. The Morgan fingerprint density at radius 3 is 2.58 bits per heavy atom. The third-order valence-corrected chi connectivity index (χ3v) is 3.67.